The summed E-state index contributed by atoms with van der Waals surface area (Å²) >= 11 is 0. The number of benzene rings is 2. The molecule has 2 aromatic carbocycles. The number of para-hydroxylation sites is 1. The van der Waals surface area contributed by atoms with Crippen molar-refractivity contribution in [2.75, 3.05) is 0 Å². The molecule has 2 rings (SSSR count). The van der Waals surface area contributed by atoms with Gasteiger partial charge < -0.3 is 9.84 Å². The Hall–Kier alpha value is -2.87. The third kappa shape index (κ3) is 2.69. The molecular weight excluding hydrogens is 249 g/mol. The lowest BCUT2D eigenvalue weighted by Gasteiger charge is -2.09. The lowest BCUT2D eigenvalue weighted by Crippen LogP contribution is -2.00. The van der Waals surface area contributed by atoms with Gasteiger partial charge in [0.15, 0.2) is 11.6 Å². The maximum absolute atomic E-state index is 13.6. The third-order valence-corrected chi connectivity index (χ3v) is 2.40. The second kappa shape index (κ2) is 5.19. The van der Waals surface area contributed by atoms with Crippen LogP contribution in [0.25, 0.3) is 0 Å². The van der Waals surface area contributed by atoms with Crippen LogP contribution in [0.5, 0.6) is 11.5 Å². The average molecular weight is 257 g/mol. The Morgan fingerprint density at radius 1 is 1.21 bits per heavy atom. The highest BCUT2D eigenvalue weighted by Crippen LogP contribution is 2.27. The minimum Gasteiger partial charge on any atom is -0.478 e. The van der Waals surface area contributed by atoms with Gasteiger partial charge in [0, 0.05) is 0 Å². The number of carbonyl (C=O) groups is 1. The number of hydrogen-bond donors (Lipinski definition) is 1. The molecule has 0 bridgehead atoms. The SMILES string of the molecule is N#Cc1ccc(Oc2ccccc2C(=O)O)c(F)c1. The van der Waals surface area contributed by atoms with E-state index in [9.17, 15) is 9.18 Å². The van der Waals surface area contributed by atoms with Crippen LogP contribution in [-0.4, -0.2) is 11.1 Å². The maximum Gasteiger partial charge on any atom is 0.339 e. The fourth-order valence-corrected chi connectivity index (χ4v) is 1.50. The zero-order chi connectivity index (χ0) is 13.8. The fraction of sp³-hybridized carbons (Fsp3) is 0. The molecule has 0 atom stereocenters. The van der Waals surface area contributed by atoms with E-state index in [4.69, 9.17) is 15.1 Å². The lowest BCUT2D eigenvalue weighted by atomic mass is 10.2. The van der Waals surface area contributed by atoms with E-state index < -0.39 is 11.8 Å². The van der Waals surface area contributed by atoms with Crippen molar-refractivity contribution in [1.82, 2.24) is 0 Å². The lowest BCUT2D eigenvalue weighted by molar-refractivity contribution is 0.0694. The van der Waals surface area contributed by atoms with Gasteiger partial charge in [0.2, 0.25) is 0 Å². The topological polar surface area (TPSA) is 70.3 Å². The average Bonchev–Trinajstić information content (AvgIpc) is 2.41. The van der Waals surface area contributed by atoms with Gasteiger partial charge in [0.25, 0.3) is 0 Å². The Balaban J connectivity index is 2.37. The summed E-state index contributed by atoms with van der Waals surface area (Å²) in [6, 6.07) is 11.4. The van der Waals surface area contributed by atoms with Crippen LogP contribution in [0, 0.1) is 17.1 Å². The quantitative estimate of drug-likeness (QED) is 0.916. The highest BCUT2D eigenvalue weighted by molar-refractivity contribution is 5.90. The Morgan fingerprint density at radius 3 is 2.58 bits per heavy atom. The van der Waals surface area contributed by atoms with Crippen LogP contribution < -0.4 is 4.74 Å². The predicted molar refractivity (Wildman–Crippen MR) is 64.6 cm³/mol. The van der Waals surface area contributed by atoms with Gasteiger partial charge in [-0.25, -0.2) is 9.18 Å². The Kier molecular flexibility index (Phi) is 3.44. The Labute approximate surface area is 108 Å². The minimum atomic E-state index is -1.16. The van der Waals surface area contributed by atoms with Crippen molar-refractivity contribution in [3.8, 4) is 17.6 Å². The number of hydrogen-bond acceptors (Lipinski definition) is 3. The van der Waals surface area contributed by atoms with Gasteiger partial charge in [-0.1, -0.05) is 12.1 Å². The van der Waals surface area contributed by atoms with Gasteiger partial charge in [-0.2, -0.15) is 5.26 Å². The molecule has 0 heterocycles. The van der Waals surface area contributed by atoms with Crippen LogP contribution in [0.2, 0.25) is 0 Å². The highest BCUT2D eigenvalue weighted by atomic mass is 19.1. The number of carboxylic acids is 1. The summed E-state index contributed by atoms with van der Waals surface area (Å²) in [5.41, 5.74) is 0.0997. The monoisotopic (exact) mass is 257 g/mol. The molecule has 0 fully saturated rings. The highest BCUT2D eigenvalue weighted by Gasteiger charge is 2.13. The van der Waals surface area contributed by atoms with E-state index in [0.717, 1.165) is 6.07 Å². The van der Waals surface area contributed by atoms with Gasteiger partial charge in [0.1, 0.15) is 11.3 Å². The van der Waals surface area contributed by atoms with Gasteiger partial charge in [-0.15, -0.1) is 0 Å². The molecule has 0 unspecified atom stereocenters. The first-order valence-electron chi connectivity index (χ1n) is 5.31. The number of halogens is 1. The summed E-state index contributed by atoms with van der Waals surface area (Å²) in [6.45, 7) is 0. The molecule has 0 amide bonds. The van der Waals surface area contributed by atoms with E-state index in [1.54, 1.807) is 18.2 Å². The number of carboxylic acid groups (broad SMARTS) is 1. The summed E-state index contributed by atoms with van der Waals surface area (Å²) in [5.74, 6) is -1.98. The molecule has 0 radical (unpaired) electrons. The smallest absolute Gasteiger partial charge is 0.339 e. The van der Waals surface area contributed by atoms with Crippen LogP contribution in [0.3, 0.4) is 0 Å². The van der Waals surface area contributed by atoms with Crippen LogP contribution in [0.4, 0.5) is 4.39 Å². The second-order valence-corrected chi connectivity index (χ2v) is 3.66. The second-order valence-electron chi connectivity index (χ2n) is 3.66. The molecule has 0 aliphatic rings. The standard InChI is InChI=1S/C14H8FNO3/c15-11-7-9(8-16)5-6-13(11)19-12-4-2-1-3-10(12)14(17)18/h1-7H,(H,17,18). The largest absolute Gasteiger partial charge is 0.478 e. The molecule has 0 spiro atoms. The maximum atomic E-state index is 13.6. The van der Waals surface area contributed by atoms with Crippen LogP contribution >= 0.6 is 0 Å². The van der Waals surface area contributed by atoms with Gasteiger partial charge in [-0.3, -0.25) is 0 Å². The molecule has 0 saturated carbocycles. The number of ether oxygens (including phenoxy) is 1. The Morgan fingerprint density at radius 2 is 1.95 bits per heavy atom. The van der Waals surface area contributed by atoms with Gasteiger partial charge in [0.05, 0.1) is 11.6 Å². The molecule has 1 N–H and O–H groups in total. The van der Waals surface area contributed by atoms with E-state index in [1.807, 2.05) is 0 Å². The molecular formula is C14H8FNO3. The molecule has 0 saturated heterocycles. The first-order valence-corrected chi connectivity index (χ1v) is 5.31. The van der Waals surface area contributed by atoms with Crippen molar-refractivity contribution in [2.45, 2.75) is 0 Å². The normalized spacial score (nSPS) is 9.68. The first kappa shape index (κ1) is 12.6. The first-order chi connectivity index (χ1) is 9.11. The molecule has 0 aliphatic carbocycles. The fourth-order valence-electron chi connectivity index (χ4n) is 1.50. The van der Waals surface area contributed by atoms with Crippen molar-refractivity contribution in [2.24, 2.45) is 0 Å². The summed E-state index contributed by atoms with van der Waals surface area (Å²) in [7, 11) is 0. The molecule has 0 aliphatic heterocycles. The van der Waals surface area contributed by atoms with E-state index in [1.165, 1.54) is 24.3 Å². The molecule has 4 nitrogen and oxygen atoms in total. The van der Waals surface area contributed by atoms with E-state index in [-0.39, 0.29) is 22.6 Å². The van der Waals surface area contributed by atoms with Gasteiger partial charge >= 0.3 is 5.97 Å². The third-order valence-electron chi connectivity index (χ3n) is 2.40. The van der Waals surface area contributed by atoms with E-state index >= 15 is 0 Å². The number of aromatic carboxylic acids is 1. The summed E-state index contributed by atoms with van der Waals surface area (Å²) in [6.07, 6.45) is 0. The van der Waals surface area contributed by atoms with Crippen molar-refractivity contribution in [3.05, 3.63) is 59.4 Å². The zero-order valence-corrected chi connectivity index (χ0v) is 9.63. The number of rotatable bonds is 3. The molecule has 94 valence electrons. The van der Waals surface area contributed by atoms with Crippen LogP contribution in [-0.2, 0) is 0 Å². The Bertz CT molecular complexity index is 677. The molecule has 0 aromatic heterocycles. The predicted octanol–water partition coefficient (Wildman–Crippen LogP) is 3.19. The molecule has 5 heteroatoms. The van der Waals surface area contributed by atoms with Crippen molar-refractivity contribution in [1.29, 1.82) is 5.26 Å². The van der Waals surface area contributed by atoms with E-state index in [2.05, 4.69) is 0 Å². The van der Waals surface area contributed by atoms with Crippen LogP contribution in [0.15, 0.2) is 42.5 Å². The summed E-state index contributed by atoms with van der Waals surface area (Å²) in [5, 5.41) is 17.6. The summed E-state index contributed by atoms with van der Waals surface area (Å²) < 4.78 is 18.9. The molecule has 19 heavy (non-hydrogen) atoms. The van der Waals surface area contributed by atoms with E-state index in [0.29, 0.717) is 0 Å². The number of nitriles is 1. The van der Waals surface area contributed by atoms with Crippen molar-refractivity contribution >= 4 is 5.97 Å². The van der Waals surface area contributed by atoms with Gasteiger partial charge in [-0.05, 0) is 30.3 Å². The number of nitrogens with zero attached hydrogens (tertiary/aromatic N) is 1. The zero-order valence-electron chi connectivity index (χ0n) is 9.63. The van der Waals surface area contributed by atoms with Crippen molar-refractivity contribution in [3.63, 3.8) is 0 Å². The van der Waals surface area contributed by atoms with Crippen molar-refractivity contribution < 1.29 is 19.0 Å². The van der Waals surface area contributed by atoms with Crippen LogP contribution in [0.1, 0.15) is 15.9 Å². The summed E-state index contributed by atoms with van der Waals surface area (Å²) in [4.78, 5) is 11.0. The molecule has 2 aromatic rings. The minimum absolute atomic E-state index is 0.0404.